The molecule has 5 heteroatoms. The minimum absolute atomic E-state index is 0.339. The molecule has 0 aliphatic rings. The molecule has 0 aliphatic heterocycles. The highest BCUT2D eigenvalue weighted by atomic mass is 32.1. The summed E-state index contributed by atoms with van der Waals surface area (Å²) in [6.45, 7) is 9.84. The Morgan fingerprint density at radius 1 is 1.19 bits per heavy atom. The van der Waals surface area contributed by atoms with E-state index in [0.29, 0.717) is 12.0 Å². The predicted octanol–water partition coefficient (Wildman–Crippen LogP) is 4.57. The fourth-order valence-electron chi connectivity index (χ4n) is 2.35. The molecule has 2 rings (SSSR count). The Balaban J connectivity index is 2.19. The van der Waals surface area contributed by atoms with E-state index in [2.05, 4.69) is 54.7 Å². The fourth-order valence-corrected chi connectivity index (χ4v) is 4.23. The highest BCUT2D eigenvalue weighted by molar-refractivity contribution is 7.12. The zero-order chi connectivity index (χ0) is 15.2. The molecule has 2 aromatic rings. The van der Waals surface area contributed by atoms with Gasteiger partial charge in [-0.05, 0) is 49.0 Å². The maximum atomic E-state index is 4.34. The first kappa shape index (κ1) is 16.6. The van der Waals surface area contributed by atoms with Crippen LogP contribution in [0.4, 0.5) is 0 Å². The molecule has 2 aromatic heterocycles. The average molecular weight is 324 g/mol. The van der Waals surface area contributed by atoms with E-state index in [0.717, 1.165) is 31.5 Å². The Hall–Kier alpha value is -0.780. The summed E-state index contributed by atoms with van der Waals surface area (Å²) < 4.78 is 4.19. The number of aryl methyl sites for hydroxylation is 1. The molecule has 1 unspecified atom stereocenters. The molecule has 0 saturated carbocycles. The van der Waals surface area contributed by atoms with Gasteiger partial charge in [0.1, 0.15) is 0 Å². The van der Waals surface area contributed by atoms with Crippen molar-refractivity contribution in [2.45, 2.75) is 58.9 Å². The van der Waals surface area contributed by atoms with Gasteiger partial charge < -0.3 is 5.32 Å². The number of hydrogen-bond acceptors (Lipinski definition) is 5. The molecule has 3 nitrogen and oxygen atoms in total. The molecule has 0 radical (unpaired) electrons. The third kappa shape index (κ3) is 4.34. The lowest BCUT2D eigenvalue weighted by Crippen LogP contribution is -2.24. The molecule has 0 fully saturated rings. The molecule has 0 bridgehead atoms. The van der Waals surface area contributed by atoms with Crippen LogP contribution in [0.5, 0.6) is 0 Å². The topological polar surface area (TPSA) is 37.8 Å². The van der Waals surface area contributed by atoms with Crippen molar-refractivity contribution in [2.24, 2.45) is 0 Å². The number of nitrogens with zero attached hydrogens (tertiary/aromatic N) is 2. The third-order valence-electron chi connectivity index (χ3n) is 3.52. The van der Waals surface area contributed by atoms with E-state index >= 15 is 0 Å². The summed E-state index contributed by atoms with van der Waals surface area (Å²) >= 11 is 3.48. The van der Waals surface area contributed by atoms with Gasteiger partial charge in [-0.1, -0.05) is 32.2 Å². The molecule has 1 N–H and O–H groups in total. The van der Waals surface area contributed by atoms with Crippen LogP contribution in [0.2, 0.25) is 0 Å². The maximum Gasteiger partial charge on any atom is 0.0829 e. The Morgan fingerprint density at radius 2 is 1.95 bits per heavy atom. The van der Waals surface area contributed by atoms with Crippen molar-refractivity contribution in [3.05, 3.63) is 32.5 Å². The van der Waals surface area contributed by atoms with Gasteiger partial charge in [-0.3, -0.25) is 0 Å². The van der Waals surface area contributed by atoms with Crippen LogP contribution in [0.25, 0.3) is 0 Å². The summed E-state index contributed by atoms with van der Waals surface area (Å²) in [5.74, 6) is 0.430. The zero-order valence-corrected chi connectivity index (χ0v) is 15.0. The molecule has 1 atom stereocenters. The second-order valence-corrected chi connectivity index (χ2v) is 7.65. The van der Waals surface area contributed by atoms with Crippen LogP contribution >= 0.6 is 22.9 Å². The van der Waals surface area contributed by atoms with Crippen molar-refractivity contribution < 1.29 is 0 Å². The van der Waals surface area contributed by atoms with Gasteiger partial charge in [-0.15, -0.1) is 16.4 Å². The van der Waals surface area contributed by atoms with Crippen LogP contribution in [-0.2, 0) is 12.8 Å². The quantitative estimate of drug-likeness (QED) is 0.773. The van der Waals surface area contributed by atoms with Crippen LogP contribution < -0.4 is 5.32 Å². The highest BCUT2D eigenvalue weighted by Gasteiger charge is 2.21. The molecule has 0 amide bonds. The van der Waals surface area contributed by atoms with Crippen LogP contribution in [0.1, 0.15) is 66.4 Å². The van der Waals surface area contributed by atoms with E-state index in [1.54, 1.807) is 11.5 Å². The summed E-state index contributed by atoms with van der Waals surface area (Å²) in [6.07, 6.45) is 3.30. The molecule has 0 spiro atoms. The minimum atomic E-state index is 0.339. The molecule has 0 aromatic carbocycles. The second kappa shape index (κ2) is 8.01. The van der Waals surface area contributed by atoms with Gasteiger partial charge in [-0.25, -0.2) is 0 Å². The largest absolute Gasteiger partial charge is 0.309 e. The summed E-state index contributed by atoms with van der Waals surface area (Å²) in [4.78, 5) is 4.22. The second-order valence-electron chi connectivity index (χ2n) is 5.61. The zero-order valence-electron chi connectivity index (χ0n) is 13.3. The summed E-state index contributed by atoms with van der Waals surface area (Å²) in [5, 5.41) is 8.02. The van der Waals surface area contributed by atoms with E-state index in [9.17, 15) is 0 Å². The lowest BCUT2D eigenvalue weighted by molar-refractivity contribution is 0.532. The molecular formula is C16H25N3S2. The number of hydrogen-bond donors (Lipinski definition) is 1. The lowest BCUT2D eigenvalue weighted by Gasteiger charge is -2.18. The number of nitrogens with one attached hydrogen (secondary N) is 1. The first-order chi connectivity index (χ1) is 10.2. The van der Waals surface area contributed by atoms with Gasteiger partial charge in [0.25, 0.3) is 0 Å². The first-order valence-electron chi connectivity index (χ1n) is 7.78. The van der Waals surface area contributed by atoms with E-state index in [1.807, 2.05) is 11.3 Å². The van der Waals surface area contributed by atoms with E-state index < -0.39 is 0 Å². The van der Waals surface area contributed by atoms with Gasteiger partial charge in [0.15, 0.2) is 0 Å². The van der Waals surface area contributed by atoms with Crippen molar-refractivity contribution in [1.82, 2.24) is 14.9 Å². The molecule has 2 heterocycles. The van der Waals surface area contributed by atoms with Crippen molar-refractivity contribution in [3.63, 3.8) is 0 Å². The van der Waals surface area contributed by atoms with Gasteiger partial charge in [0, 0.05) is 22.2 Å². The third-order valence-corrected chi connectivity index (χ3v) is 5.62. The minimum Gasteiger partial charge on any atom is -0.309 e. The fraction of sp³-hybridized carbons (Fsp3) is 0.625. The molecule has 0 aliphatic carbocycles. The number of rotatable bonds is 8. The Bertz CT molecular complexity index is 545. The Kier molecular flexibility index (Phi) is 6.33. The van der Waals surface area contributed by atoms with Gasteiger partial charge in [0.2, 0.25) is 0 Å². The monoisotopic (exact) mass is 323 g/mol. The predicted molar refractivity (Wildman–Crippen MR) is 92.4 cm³/mol. The number of aromatic nitrogens is 2. The smallest absolute Gasteiger partial charge is 0.0829 e. The van der Waals surface area contributed by atoms with Gasteiger partial charge in [0.05, 0.1) is 10.6 Å². The van der Waals surface area contributed by atoms with E-state index in [4.69, 9.17) is 0 Å². The molecule has 21 heavy (non-hydrogen) atoms. The standard InChI is InChI=1S/C16H25N3S2/c1-5-9-17-14(10-13-8-7-12(6-2)20-13)16-15(11(3)4)18-19-21-16/h7-8,11,14,17H,5-6,9-10H2,1-4H3. The SMILES string of the molecule is CCCNC(Cc1ccc(CC)s1)c1snnc1C(C)C. The van der Waals surface area contributed by atoms with Crippen LogP contribution in [-0.4, -0.2) is 16.1 Å². The van der Waals surface area contributed by atoms with Gasteiger partial charge >= 0.3 is 0 Å². The van der Waals surface area contributed by atoms with Crippen LogP contribution in [0.3, 0.4) is 0 Å². The highest BCUT2D eigenvalue weighted by Crippen LogP contribution is 2.30. The summed E-state index contributed by atoms with van der Waals surface area (Å²) in [5.41, 5.74) is 1.15. The maximum absolute atomic E-state index is 4.34. The molecule has 116 valence electrons. The normalized spacial score (nSPS) is 13.0. The first-order valence-corrected chi connectivity index (χ1v) is 9.37. The van der Waals surface area contributed by atoms with Crippen molar-refractivity contribution in [2.75, 3.05) is 6.54 Å². The van der Waals surface area contributed by atoms with Gasteiger partial charge in [-0.2, -0.15) is 0 Å². The molecule has 0 saturated heterocycles. The Morgan fingerprint density at radius 3 is 2.57 bits per heavy atom. The van der Waals surface area contributed by atoms with E-state index in [1.165, 1.54) is 14.6 Å². The van der Waals surface area contributed by atoms with E-state index in [-0.39, 0.29) is 0 Å². The summed E-state index contributed by atoms with van der Waals surface area (Å²) in [6, 6.07) is 4.87. The number of thiophene rings is 1. The molecular weight excluding hydrogens is 298 g/mol. The lowest BCUT2D eigenvalue weighted by atomic mass is 10.0. The van der Waals surface area contributed by atoms with Crippen molar-refractivity contribution in [1.29, 1.82) is 0 Å². The van der Waals surface area contributed by atoms with Crippen LogP contribution in [0.15, 0.2) is 12.1 Å². The summed E-state index contributed by atoms with van der Waals surface area (Å²) in [7, 11) is 0. The van der Waals surface area contributed by atoms with Crippen molar-refractivity contribution >= 4 is 22.9 Å². The Labute approximate surface area is 136 Å². The average Bonchev–Trinajstić information content (AvgIpc) is 3.11. The van der Waals surface area contributed by atoms with Crippen molar-refractivity contribution in [3.8, 4) is 0 Å². The van der Waals surface area contributed by atoms with Crippen LogP contribution in [0, 0.1) is 0 Å².